The molecule has 29 heavy (non-hydrogen) atoms. The summed E-state index contributed by atoms with van der Waals surface area (Å²) in [5.74, 6) is -0.115. The van der Waals surface area contributed by atoms with Gasteiger partial charge in [0.1, 0.15) is 6.54 Å². The highest BCUT2D eigenvalue weighted by Gasteiger charge is 2.31. The van der Waals surface area contributed by atoms with Gasteiger partial charge in [-0.05, 0) is 41.5 Å². The number of hydrogen-bond acceptors (Lipinski definition) is 2. The van der Waals surface area contributed by atoms with E-state index in [2.05, 4.69) is 10.6 Å². The molecular formula is C23H20ClN3OS. The lowest BCUT2D eigenvalue weighted by molar-refractivity contribution is -0.116. The Kier molecular flexibility index (Phi) is 5.79. The van der Waals surface area contributed by atoms with Crippen LogP contribution in [0.4, 0.5) is 5.69 Å². The lowest BCUT2D eigenvalue weighted by Crippen LogP contribution is -2.44. The number of rotatable bonds is 3. The van der Waals surface area contributed by atoms with Gasteiger partial charge in [0.2, 0.25) is 5.91 Å². The predicted octanol–water partition coefficient (Wildman–Crippen LogP) is 4.76. The second kappa shape index (κ2) is 8.64. The third kappa shape index (κ3) is 4.42. The van der Waals surface area contributed by atoms with E-state index >= 15 is 0 Å². The summed E-state index contributed by atoms with van der Waals surface area (Å²) in [6, 6.07) is 25.3. The Morgan fingerprint density at radius 3 is 2.48 bits per heavy atom. The van der Waals surface area contributed by atoms with Crippen molar-refractivity contribution < 1.29 is 4.79 Å². The Balaban J connectivity index is 1.71. The summed E-state index contributed by atoms with van der Waals surface area (Å²) < 4.78 is 0. The van der Waals surface area contributed by atoms with Crippen molar-refractivity contribution in [2.75, 3.05) is 11.9 Å². The van der Waals surface area contributed by atoms with E-state index in [9.17, 15) is 4.79 Å². The van der Waals surface area contributed by atoms with Crippen molar-refractivity contribution >= 4 is 40.5 Å². The van der Waals surface area contributed by atoms with Crippen molar-refractivity contribution in [3.63, 3.8) is 0 Å². The summed E-state index contributed by atoms with van der Waals surface area (Å²) in [6.07, 6.45) is 0. The van der Waals surface area contributed by atoms with Crippen molar-refractivity contribution in [1.82, 2.24) is 10.2 Å². The summed E-state index contributed by atoms with van der Waals surface area (Å²) in [4.78, 5) is 14.5. The van der Waals surface area contributed by atoms with Gasteiger partial charge in [-0.1, -0.05) is 72.3 Å². The third-order valence-corrected chi connectivity index (χ3v) is 5.48. The molecule has 2 N–H and O–H groups in total. The van der Waals surface area contributed by atoms with E-state index in [1.807, 2.05) is 77.7 Å². The van der Waals surface area contributed by atoms with E-state index < -0.39 is 0 Å². The average Bonchev–Trinajstić information content (AvgIpc) is 2.89. The van der Waals surface area contributed by atoms with E-state index in [0.29, 0.717) is 16.7 Å². The number of amides is 1. The Labute approximate surface area is 180 Å². The molecule has 0 aromatic heterocycles. The Morgan fingerprint density at radius 2 is 1.76 bits per heavy atom. The first-order valence-electron chi connectivity index (χ1n) is 9.34. The fourth-order valence-electron chi connectivity index (χ4n) is 3.54. The van der Waals surface area contributed by atoms with Crippen LogP contribution in [-0.4, -0.2) is 22.5 Å². The molecule has 3 aromatic carbocycles. The summed E-state index contributed by atoms with van der Waals surface area (Å²) in [6.45, 7) is 0.730. The fourth-order valence-corrected chi connectivity index (χ4v) is 3.96. The molecule has 1 unspecified atom stereocenters. The topological polar surface area (TPSA) is 44.4 Å². The molecule has 1 heterocycles. The molecule has 3 aromatic rings. The molecule has 0 saturated heterocycles. The van der Waals surface area contributed by atoms with Crippen LogP contribution in [-0.2, 0) is 11.3 Å². The van der Waals surface area contributed by atoms with Gasteiger partial charge >= 0.3 is 0 Å². The number of halogens is 1. The highest BCUT2D eigenvalue weighted by atomic mass is 35.5. The van der Waals surface area contributed by atoms with E-state index in [1.165, 1.54) is 0 Å². The van der Waals surface area contributed by atoms with Crippen LogP contribution in [0.3, 0.4) is 0 Å². The lowest BCUT2D eigenvalue weighted by atomic mass is 9.96. The first kappa shape index (κ1) is 19.4. The van der Waals surface area contributed by atoms with Crippen LogP contribution in [0.5, 0.6) is 0 Å². The summed E-state index contributed by atoms with van der Waals surface area (Å²) in [7, 11) is 0. The molecule has 1 aliphatic heterocycles. The van der Waals surface area contributed by atoms with E-state index in [4.69, 9.17) is 23.8 Å². The molecule has 0 bridgehead atoms. The maximum atomic E-state index is 12.6. The Hall–Kier alpha value is -2.89. The molecule has 0 aliphatic carbocycles. The van der Waals surface area contributed by atoms with Crippen molar-refractivity contribution in [3.8, 4) is 0 Å². The van der Waals surface area contributed by atoms with E-state index in [1.54, 1.807) is 6.07 Å². The van der Waals surface area contributed by atoms with E-state index in [0.717, 1.165) is 22.4 Å². The smallest absolute Gasteiger partial charge is 0.244 e. The molecule has 0 fully saturated rings. The zero-order chi connectivity index (χ0) is 20.2. The van der Waals surface area contributed by atoms with Crippen molar-refractivity contribution in [2.45, 2.75) is 12.6 Å². The number of nitrogens with one attached hydrogen (secondary N) is 2. The normalized spacial score (nSPS) is 15.8. The molecule has 1 atom stereocenters. The Morgan fingerprint density at radius 1 is 1.07 bits per heavy atom. The monoisotopic (exact) mass is 421 g/mol. The predicted molar refractivity (Wildman–Crippen MR) is 121 cm³/mol. The number of anilines is 1. The second-order valence-corrected chi connectivity index (χ2v) is 7.69. The van der Waals surface area contributed by atoms with Gasteiger partial charge in [0.05, 0.1) is 6.04 Å². The standard InChI is InChI=1S/C23H20ClN3OS/c24-18-11-12-20-19(13-18)22(17-9-5-2-6-10-17)27(15-21(28)26-20)23(29)25-14-16-7-3-1-4-8-16/h1-13,22H,14-15H2,(H,25,29)(H,26,28). The fraction of sp³-hybridized carbons (Fsp3) is 0.130. The number of hydrogen-bond donors (Lipinski definition) is 2. The molecule has 0 radical (unpaired) electrons. The lowest BCUT2D eigenvalue weighted by Gasteiger charge is -2.33. The minimum atomic E-state index is -0.236. The van der Waals surface area contributed by atoms with Gasteiger partial charge in [0, 0.05) is 22.8 Å². The number of thiocarbonyl (C=S) groups is 1. The van der Waals surface area contributed by atoms with Crippen molar-refractivity contribution in [1.29, 1.82) is 0 Å². The van der Waals surface area contributed by atoms with Crippen LogP contribution in [0.15, 0.2) is 78.9 Å². The van der Waals surface area contributed by atoms with Crippen LogP contribution >= 0.6 is 23.8 Å². The SMILES string of the molecule is O=C1CN(C(=S)NCc2ccccc2)C(c2ccccc2)c2cc(Cl)ccc2N1. The molecule has 1 aliphatic rings. The maximum absolute atomic E-state index is 12.6. The zero-order valence-electron chi connectivity index (χ0n) is 15.6. The van der Waals surface area contributed by atoms with Crippen molar-refractivity contribution in [3.05, 3.63) is 101 Å². The van der Waals surface area contributed by atoms with Gasteiger partial charge in [-0.25, -0.2) is 0 Å². The van der Waals surface area contributed by atoms with Crippen LogP contribution in [0.1, 0.15) is 22.7 Å². The summed E-state index contributed by atoms with van der Waals surface area (Å²) >= 11 is 12.0. The highest BCUT2D eigenvalue weighted by Crippen LogP contribution is 2.37. The largest absolute Gasteiger partial charge is 0.358 e. The maximum Gasteiger partial charge on any atom is 0.244 e. The number of fused-ring (bicyclic) bond motifs is 1. The molecule has 146 valence electrons. The number of benzene rings is 3. The van der Waals surface area contributed by atoms with Gasteiger partial charge in [-0.15, -0.1) is 0 Å². The van der Waals surface area contributed by atoms with Gasteiger partial charge in [0.25, 0.3) is 0 Å². The van der Waals surface area contributed by atoms with E-state index in [-0.39, 0.29) is 18.5 Å². The van der Waals surface area contributed by atoms with Crippen LogP contribution in [0, 0.1) is 0 Å². The minimum Gasteiger partial charge on any atom is -0.358 e. The summed E-state index contributed by atoms with van der Waals surface area (Å²) in [5, 5.41) is 7.42. The molecule has 1 amide bonds. The first-order chi connectivity index (χ1) is 14.1. The van der Waals surface area contributed by atoms with Crippen LogP contribution in [0.25, 0.3) is 0 Å². The molecule has 0 spiro atoms. The van der Waals surface area contributed by atoms with Gasteiger partial charge in [-0.2, -0.15) is 0 Å². The highest BCUT2D eigenvalue weighted by molar-refractivity contribution is 7.80. The average molecular weight is 422 g/mol. The molecule has 4 rings (SSSR count). The zero-order valence-corrected chi connectivity index (χ0v) is 17.2. The molecule has 6 heteroatoms. The van der Waals surface area contributed by atoms with Gasteiger partial charge in [0.15, 0.2) is 5.11 Å². The number of nitrogens with zero attached hydrogens (tertiary/aromatic N) is 1. The number of carbonyl (C=O) groups excluding carboxylic acids is 1. The van der Waals surface area contributed by atoms with Crippen LogP contribution in [0.2, 0.25) is 5.02 Å². The quantitative estimate of drug-likeness (QED) is 0.598. The van der Waals surface area contributed by atoms with Crippen molar-refractivity contribution in [2.24, 2.45) is 0 Å². The van der Waals surface area contributed by atoms with Crippen LogP contribution < -0.4 is 10.6 Å². The molecular weight excluding hydrogens is 402 g/mol. The molecule has 0 saturated carbocycles. The Bertz CT molecular complexity index is 1030. The first-order valence-corrected chi connectivity index (χ1v) is 10.1. The minimum absolute atomic E-state index is 0.115. The number of carbonyl (C=O) groups is 1. The third-order valence-electron chi connectivity index (χ3n) is 4.87. The van der Waals surface area contributed by atoms with Gasteiger partial charge in [-0.3, -0.25) is 4.79 Å². The summed E-state index contributed by atoms with van der Waals surface area (Å²) in [5.41, 5.74) is 3.82. The molecule has 4 nitrogen and oxygen atoms in total. The van der Waals surface area contributed by atoms with Gasteiger partial charge < -0.3 is 15.5 Å². The second-order valence-electron chi connectivity index (χ2n) is 6.87.